The van der Waals surface area contributed by atoms with Crippen molar-refractivity contribution in [1.29, 1.82) is 0 Å². The first-order chi connectivity index (χ1) is 7.61. The van der Waals surface area contributed by atoms with Crippen molar-refractivity contribution in [3.8, 4) is 0 Å². The molecule has 2 heterocycles. The van der Waals surface area contributed by atoms with Crippen LogP contribution in [0.2, 0.25) is 0 Å². The smallest absolute Gasteiger partial charge is 0.0239 e. The Bertz CT molecular complexity index is 332. The summed E-state index contributed by atoms with van der Waals surface area (Å²) in [5.41, 5.74) is 1.82. The van der Waals surface area contributed by atoms with Gasteiger partial charge in [0.25, 0.3) is 0 Å². The van der Waals surface area contributed by atoms with E-state index in [0.29, 0.717) is 5.54 Å². The summed E-state index contributed by atoms with van der Waals surface area (Å²) >= 11 is 0. The molecule has 0 spiro atoms. The second-order valence-electron chi connectivity index (χ2n) is 5.70. The number of hydrogen-bond donors (Lipinski definition) is 1. The van der Waals surface area contributed by atoms with Crippen molar-refractivity contribution in [2.75, 3.05) is 6.54 Å². The Labute approximate surface area is 99.0 Å². The van der Waals surface area contributed by atoms with Crippen LogP contribution in [0.3, 0.4) is 0 Å². The molecule has 2 nitrogen and oxygen atoms in total. The molecule has 0 bridgehead atoms. The van der Waals surface area contributed by atoms with E-state index in [1.165, 1.54) is 37.9 Å². The van der Waals surface area contributed by atoms with Gasteiger partial charge in [0, 0.05) is 30.9 Å². The molecule has 0 radical (unpaired) electrons. The Morgan fingerprint density at radius 1 is 1.50 bits per heavy atom. The van der Waals surface area contributed by atoms with Gasteiger partial charge >= 0.3 is 0 Å². The van der Waals surface area contributed by atoms with E-state index in [2.05, 4.69) is 49.1 Å². The van der Waals surface area contributed by atoms with Gasteiger partial charge in [-0.25, -0.2) is 0 Å². The molecule has 1 aliphatic rings. The van der Waals surface area contributed by atoms with Crippen LogP contribution < -0.4 is 5.32 Å². The number of rotatable bonds is 4. The third-order valence-corrected chi connectivity index (χ3v) is 3.70. The van der Waals surface area contributed by atoms with Gasteiger partial charge in [-0.2, -0.15) is 0 Å². The molecule has 0 saturated carbocycles. The Hall–Kier alpha value is -0.760. The Kier molecular flexibility index (Phi) is 3.38. The molecule has 16 heavy (non-hydrogen) atoms. The SMILES string of the molecule is CC(C)CC1(Cc2cccn2C)CCCN1. The van der Waals surface area contributed by atoms with Crippen LogP contribution in [-0.4, -0.2) is 16.7 Å². The molecule has 0 aromatic carbocycles. The van der Waals surface area contributed by atoms with E-state index in [0.717, 1.165) is 5.92 Å². The van der Waals surface area contributed by atoms with E-state index < -0.39 is 0 Å². The fourth-order valence-corrected chi connectivity index (χ4v) is 3.07. The lowest BCUT2D eigenvalue weighted by atomic mass is 9.83. The quantitative estimate of drug-likeness (QED) is 0.825. The van der Waals surface area contributed by atoms with Gasteiger partial charge in [-0.15, -0.1) is 0 Å². The summed E-state index contributed by atoms with van der Waals surface area (Å²) < 4.78 is 2.25. The summed E-state index contributed by atoms with van der Waals surface area (Å²) in [6.07, 6.45) is 7.27. The molecule has 1 fully saturated rings. The summed E-state index contributed by atoms with van der Waals surface area (Å²) in [5.74, 6) is 0.769. The van der Waals surface area contributed by atoms with E-state index in [4.69, 9.17) is 0 Å². The zero-order valence-corrected chi connectivity index (χ0v) is 10.8. The van der Waals surface area contributed by atoms with E-state index in [9.17, 15) is 0 Å². The number of nitrogens with zero attached hydrogens (tertiary/aromatic N) is 1. The maximum Gasteiger partial charge on any atom is 0.0239 e. The minimum Gasteiger partial charge on any atom is -0.354 e. The highest BCUT2D eigenvalue weighted by molar-refractivity contribution is 5.12. The van der Waals surface area contributed by atoms with Crippen LogP contribution in [0, 0.1) is 5.92 Å². The molecule has 2 heteroatoms. The summed E-state index contributed by atoms with van der Waals surface area (Å²) in [5, 5.41) is 3.75. The van der Waals surface area contributed by atoms with Crippen LogP contribution >= 0.6 is 0 Å². The number of aromatic nitrogens is 1. The molecule has 2 rings (SSSR count). The fourth-order valence-electron chi connectivity index (χ4n) is 3.07. The van der Waals surface area contributed by atoms with E-state index in [1.807, 2.05) is 0 Å². The standard InChI is InChI=1S/C14H24N2/c1-12(2)10-14(7-5-8-15-14)11-13-6-4-9-16(13)3/h4,6,9,12,15H,5,7-8,10-11H2,1-3H3. The normalized spacial score (nSPS) is 25.5. The van der Waals surface area contributed by atoms with Crippen LogP contribution in [-0.2, 0) is 13.5 Å². The summed E-state index contributed by atoms with van der Waals surface area (Å²) in [6, 6.07) is 4.40. The van der Waals surface area contributed by atoms with Crippen LogP contribution in [0.4, 0.5) is 0 Å². The molecule has 0 aliphatic carbocycles. The molecular weight excluding hydrogens is 196 g/mol. The van der Waals surface area contributed by atoms with Crippen molar-refractivity contribution in [2.45, 2.75) is 45.1 Å². The molecule has 0 amide bonds. The van der Waals surface area contributed by atoms with Gasteiger partial charge in [0.15, 0.2) is 0 Å². The zero-order valence-electron chi connectivity index (χ0n) is 10.8. The molecule has 1 aromatic heterocycles. The van der Waals surface area contributed by atoms with Gasteiger partial charge in [-0.05, 0) is 43.9 Å². The summed E-state index contributed by atoms with van der Waals surface area (Å²) in [4.78, 5) is 0. The third kappa shape index (κ3) is 2.49. The van der Waals surface area contributed by atoms with Gasteiger partial charge in [0.1, 0.15) is 0 Å². The van der Waals surface area contributed by atoms with E-state index >= 15 is 0 Å². The lowest BCUT2D eigenvalue weighted by Gasteiger charge is -2.31. The topological polar surface area (TPSA) is 17.0 Å². The van der Waals surface area contributed by atoms with Crippen molar-refractivity contribution in [3.63, 3.8) is 0 Å². The van der Waals surface area contributed by atoms with Gasteiger partial charge < -0.3 is 9.88 Å². The summed E-state index contributed by atoms with van der Waals surface area (Å²) in [7, 11) is 2.15. The van der Waals surface area contributed by atoms with Crippen LogP contribution in [0.1, 0.15) is 38.8 Å². The van der Waals surface area contributed by atoms with Crippen molar-refractivity contribution < 1.29 is 0 Å². The molecule has 1 N–H and O–H groups in total. The van der Waals surface area contributed by atoms with Crippen molar-refractivity contribution in [2.24, 2.45) is 13.0 Å². The van der Waals surface area contributed by atoms with Gasteiger partial charge in [-0.1, -0.05) is 13.8 Å². The van der Waals surface area contributed by atoms with Crippen molar-refractivity contribution in [1.82, 2.24) is 9.88 Å². The van der Waals surface area contributed by atoms with Crippen LogP contribution in [0.5, 0.6) is 0 Å². The molecule has 1 unspecified atom stereocenters. The number of aryl methyl sites for hydroxylation is 1. The molecule has 1 aliphatic heterocycles. The van der Waals surface area contributed by atoms with Crippen LogP contribution in [0.25, 0.3) is 0 Å². The number of hydrogen-bond acceptors (Lipinski definition) is 1. The van der Waals surface area contributed by atoms with Gasteiger partial charge in [-0.3, -0.25) is 0 Å². The first kappa shape index (κ1) is 11.7. The predicted molar refractivity (Wildman–Crippen MR) is 68.5 cm³/mol. The average molecular weight is 220 g/mol. The maximum absolute atomic E-state index is 3.75. The highest BCUT2D eigenvalue weighted by Gasteiger charge is 2.34. The number of nitrogens with one attached hydrogen (secondary N) is 1. The minimum absolute atomic E-state index is 0.361. The maximum atomic E-state index is 3.75. The first-order valence-corrected chi connectivity index (χ1v) is 6.47. The highest BCUT2D eigenvalue weighted by Crippen LogP contribution is 2.30. The molecular formula is C14H24N2. The molecule has 90 valence electrons. The van der Waals surface area contributed by atoms with E-state index in [1.54, 1.807) is 0 Å². The lowest BCUT2D eigenvalue weighted by molar-refractivity contribution is 0.297. The van der Waals surface area contributed by atoms with Crippen molar-refractivity contribution in [3.05, 3.63) is 24.0 Å². The molecule has 1 atom stereocenters. The van der Waals surface area contributed by atoms with E-state index in [-0.39, 0.29) is 0 Å². The largest absolute Gasteiger partial charge is 0.354 e. The minimum atomic E-state index is 0.361. The van der Waals surface area contributed by atoms with Crippen LogP contribution in [0.15, 0.2) is 18.3 Å². The molecule has 1 aromatic rings. The monoisotopic (exact) mass is 220 g/mol. The van der Waals surface area contributed by atoms with Gasteiger partial charge in [0.2, 0.25) is 0 Å². The third-order valence-electron chi connectivity index (χ3n) is 3.70. The second kappa shape index (κ2) is 4.62. The second-order valence-corrected chi connectivity index (χ2v) is 5.70. The van der Waals surface area contributed by atoms with Crippen molar-refractivity contribution >= 4 is 0 Å². The highest BCUT2D eigenvalue weighted by atomic mass is 15.0. The average Bonchev–Trinajstić information content (AvgIpc) is 2.77. The van der Waals surface area contributed by atoms with Gasteiger partial charge in [0.05, 0.1) is 0 Å². The fraction of sp³-hybridized carbons (Fsp3) is 0.714. The Morgan fingerprint density at radius 3 is 2.81 bits per heavy atom. The predicted octanol–water partition coefficient (Wildman–Crippen LogP) is 2.74. The Morgan fingerprint density at radius 2 is 2.31 bits per heavy atom. The lowest BCUT2D eigenvalue weighted by Crippen LogP contribution is -2.43. The summed E-state index contributed by atoms with van der Waals surface area (Å²) in [6.45, 7) is 5.84. The first-order valence-electron chi connectivity index (χ1n) is 6.47. The Balaban J connectivity index is 2.11. The zero-order chi connectivity index (χ0) is 11.6. The molecule has 1 saturated heterocycles.